The number of carboxylic acids is 1. The number of nitro benzene ring substituents is 1. The highest BCUT2D eigenvalue weighted by molar-refractivity contribution is 6.32. The number of hydrogen-bond acceptors (Lipinski definition) is 5. The number of aromatic carboxylic acids is 1. The van der Waals surface area contributed by atoms with E-state index in [9.17, 15) is 14.9 Å². The van der Waals surface area contributed by atoms with Gasteiger partial charge in [-0.05, 0) is 18.2 Å². The normalized spacial score (nSPS) is 10.2. The summed E-state index contributed by atoms with van der Waals surface area (Å²) >= 11 is 11.6. The third-order valence-electron chi connectivity index (χ3n) is 2.39. The van der Waals surface area contributed by atoms with Crippen molar-refractivity contribution in [3.05, 3.63) is 56.2 Å². The van der Waals surface area contributed by atoms with Gasteiger partial charge < -0.3 is 9.84 Å². The Morgan fingerprint density at radius 2 is 2.00 bits per heavy atom. The first-order valence-electron chi connectivity index (χ1n) is 5.40. The maximum atomic E-state index is 11.1. The van der Waals surface area contributed by atoms with Crippen molar-refractivity contribution in [1.29, 1.82) is 0 Å². The van der Waals surface area contributed by atoms with Crippen LogP contribution < -0.4 is 4.74 Å². The summed E-state index contributed by atoms with van der Waals surface area (Å²) in [7, 11) is 0. The quantitative estimate of drug-likeness (QED) is 0.520. The van der Waals surface area contributed by atoms with E-state index >= 15 is 0 Å². The topological polar surface area (TPSA) is 103 Å². The second-order valence-corrected chi connectivity index (χ2v) is 4.56. The van der Waals surface area contributed by atoms with E-state index in [0.29, 0.717) is 0 Å². The van der Waals surface area contributed by atoms with E-state index < -0.39 is 10.9 Å². The van der Waals surface area contributed by atoms with Gasteiger partial charge in [0, 0.05) is 6.07 Å². The summed E-state index contributed by atoms with van der Waals surface area (Å²) < 4.78 is 5.26. The van der Waals surface area contributed by atoms with Crippen LogP contribution in [-0.4, -0.2) is 21.0 Å². The highest BCUT2D eigenvalue weighted by Gasteiger charge is 2.17. The smallest absolute Gasteiger partial charge is 0.341 e. The number of non-ortho nitro benzene ring substituents is 1. The van der Waals surface area contributed by atoms with Crippen LogP contribution in [0.2, 0.25) is 10.2 Å². The predicted molar refractivity (Wildman–Crippen MR) is 74.4 cm³/mol. The molecule has 1 aromatic heterocycles. The summed E-state index contributed by atoms with van der Waals surface area (Å²) in [5, 5.41) is 19.8. The molecule has 1 heterocycles. The average molecular weight is 329 g/mol. The summed E-state index contributed by atoms with van der Waals surface area (Å²) in [6.45, 7) is 0. The average Bonchev–Trinajstić information content (AvgIpc) is 2.40. The summed E-state index contributed by atoms with van der Waals surface area (Å²) in [6, 6.07) is 6.01. The molecule has 1 N–H and O–H groups in total. The molecule has 9 heteroatoms. The van der Waals surface area contributed by atoms with Crippen LogP contribution in [0.1, 0.15) is 10.4 Å². The zero-order chi connectivity index (χ0) is 15.6. The Bertz CT molecular complexity index is 736. The molecule has 21 heavy (non-hydrogen) atoms. The molecule has 2 rings (SSSR count). The Balaban J connectivity index is 2.47. The molecule has 0 atom stereocenters. The van der Waals surface area contributed by atoms with Crippen molar-refractivity contribution in [3.8, 4) is 11.6 Å². The monoisotopic (exact) mass is 328 g/mol. The lowest BCUT2D eigenvalue weighted by Gasteiger charge is -2.09. The number of nitro groups is 1. The zero-order valence-electron chi connectivity index (χ0n) is 10.1. The van der Waals surface area contributed by atoms with Crippen LogP contribution in [0.15, 0.2) is 30.3 Å². The fourth-order valence-corrected chi connectivity index (χ4v) is 1.74. The van der Waals surface area contributed by atoms with Crippen LogP contribution in [-0.2, 0) is 0 Å². The van der Waals surface area contributed by atoms with Crippen molar-refractivity contribution in [2.24, 2.45) is 0 Å². The first-order valence-corrected chi connectivity index (χ1v) is 6.15. The first-order chi connectivity index (χ1) is 9.88. The Labute approximate surface area is 127 Å². The van der Waals surface area contributed by atoms with Crippen LogP contribution in [0.5, 0.6) is 11.6 Å². The lowest BCUT2D eigenvalue weighted by Crippen LogP contribution is -2.02. The second kappa shape index (κ2) is 5.94. The van der Waals surface area contributed by atoms with Crippen molar-refractivity contribution in [2.45, 2.75) is 0 Å². The lowest BCUT2D eigenvalue weighted by molar-refractivity contribution is -0.384. The molecular formula is C12H6Cl2N2O5. The van der Waals surface area contributed by atoms with Crippen molar-refractivity contribution in [1.82, 2.24) is 4.98 Å². The third kappa shape index (κ3) is 3.39. The highest BCUT2D eigenvalue weighted by Crippen LogP contribution is 2.33. The number of nitrogens with zero attached hydrogens (tertiary/aromatic N) is 2. The Morgan fingerprint density at radius 1 is 1.29 bits per heavy atom. The molecule has 0 saturated carbocycles. The molecule has 0 unspecified atom stereocenters. The molecular weight excluding hydrogens is 323 g/mol. The SMILES string of the molecule is O=C(O)c1ccc(Cl)nc1Oc1cc([N+](=O)[O-])ccc1Cl. The van der Waals surface area contributed by atoms with E-state index in [1.807, 2.05) is 0 Å². The Hall–Kier alpha value is -2.38. The van der Waals surface area contributed by atoms with Crippen molar-refractivity contribution in [2.75, 3.05) is 0 Å². The maximum absolute atomic E-state index is 11.1. The number of ether oxygens (including phenoxy) is 1. The molecule has 7 nitrogen and oxygen atoms in total. The van der Waals surface area contributed by atoms with E-state index in [2.05, 4.69) is 4.98 Å². The molecule has 0 amide bonds. The van der Waals surface area contributed by atoms with Crippen molar-refractivity contribution >= 4 is 34.9 Å². The minimum Gasteiger partial charge on any atom is -0.477 e. The number of halogens is 2. The fourth-order valence-electron chi connectivity index (χ4n) is 1.45. The minimum absolute atomic E-state index is 0.0107. The van der Waals surface area contributed by atoms with Gasteiger partial charge in [-0.15, -0.1) is 0 Å². The molecule has 1 aromatic carbocycles. The molecule has 0 fully saturated rings. The predicted octanol–water partition coefficient (Wildman–Crippen LogP) is 3.79. The number of pyridine rings is 1. The largest absolute Gasteiger partial charge is 0.477 e. The van der Waals surface area contributed by atoms with Gasteiger partial charge in [-0.25, -0.2) is 9.78 Å². The maximum Gasteiger partial charge on any atom is 0.341 e. The minimum atomic E-state index is -1.28. The summed E-state index contributed by atoms with van der Waals surface area (Å²) in [5.74, 6) is -1.68. The number of rotatable bonds is 4. The molecule has 0 aliphatic heterocycles. The van der Waals surface area contributed by atoms with Crippen LogP contribution >= 0.6 is 23.2 Å². The molecule has 0 aliphatic carbocycles. The Kier molecular flexibility index (Phi) is 4.25. The van der Waals surface area contributed by atoms with Crippen LogP contribution in [0.4, 0.5) is 5.69 Å². The van der Waals surface area contributed by atoms with Gasteiger partial charge in [-0.1, -0.05) is 23.2 Å². The highest BCUT2D eigenvalue weighted by atomic mass is 35.5. The standard InChI is InChI=1S/C12H6Cl2N2O5/c13-8-3-1-6(16(19)20)5-9(8)21-11-7(12(17)18)2-4-10(14)15-11/h1-5H,(H,17,18). The van der Waals surface area contributed by atoms with Gasteiger partial charge in [0.25, 0.3) is 5.69 Å². The van der Waals surface area contributed by atoms with Gasteiger partial charge in [0.05, 0.1) is 16.0 Å². The van der Waals surface area contributed by atoms with Gasteiger partial charge in [0.1, 0.15) is 10.7 Å². The van der Waals surface area contributed by atoms with E-state index in [0.717, 1.165) is 6.07 Å². The Morgan fingerprint density at radius 3 is 2.62 bits per heavy atom. The number of hydrogen-bond donors (Lipinski definition) is 1. The zero-order valence-corrected chi connectivity index (χ0v) is 11.6. The molecule has 0 aliphatic rings. The van der Waals surface area contributed by atoms with E-state index in [4.69, 9.17) is 33.0 Å². The van der Waals surface area contributed by atoms with E-state index in [1.54, 1.807) is 0 Å². The van der Waals surface area contributed by atoms with Gasteiger partial charge in [-0.2, -0.15) is 0 Å². The van der Waals surface area contributed by atoms with E-state index in [-0.39, 0.29) is 33.1 Å². The van der Waals surface area contributed by atoms with Crippen LogP contribution in [0.3, 0.4) is 0 Å². The summed E-state index contributed by atoms with van der Waals surface area (Å²) in [4.78, 5) is 24.9. The molecule has 0 saturated heterocycles. The van der Waals surface area contributed by atoms with Crippen LogP contribution in [0, 0.1) is 10.1 Å². The fraction of sp³-hybridized carbons (Fsp3) is 0. The number of carboxylic acid groups (broad SMARTS) is 1. The van der Waals surface area contributed by atoms with Gasteiger partial charge in [-0.3, -0.25) is 10.1 Å². The lowest BCUT2D eigenvalue weighted by atomic mass is 10.2. The second-order valence-electron chi connectivity index (χ2n) is 3.77. The number of benzene rings is 1. The molecule has 0 bridgehead atoms. The summed E-state index contributed by atoms with van der Waals surface area (Å²) in [5.41, 5.74) is -0.504. The number of carbonyl (C=O) groups is 1. The molecule has 2 aromatic rings. The summed E-state index contributed by atoms with van der Waals surface area (Å²) in [6.07, 6.45) is 0. The third-order valence-corrected chi connectivity index (χ3v) is 2.91. The van der Waals surface area contributed by atoms with Gasteiger partial charge in [0.2, 0.25) is 5.88 Å². The van der Waals surface area contributed by atoms with Crippen molar-refractivity contribution < 1.29 is 19.6 Å². The molecule has 108 valence electrons. The van der Waals surface area contributed by atoms with E-state index in [1.165, 1.54) is 24.3 Å². The van der Waals surface area contributed by atoms with Gasteiger partial charge in [0.15, 0.2) is 5.75 Å². The first kappa shape index (κ1) is 15.0. The molecule has 0 spiro atoms. The van der Waals surface area contributed by atoms with Gasteiger partial charge >= 0.3 is 5.97 Å². The molecule has 0 radical (unpaired) electrons. The van der Waals surface area contributed by atoms with Crippen molar-refractivity contribution in [3.63, 3.8) is 0 Å². The van der Waals surface area contributed by atoms with Crippen LogP contribution in [0.25, 0.3) is 0 Å². The number of aromatic nitrogens is 1.